The largest absolute Gasteiger partial charge is 0.433 e. The van der Waals surface area contributed by atoms with E-state index in [1.165, 1.54) is 17.7 Å². The number of hydrogen-bond acceptors (Lipinski definition) is 3. The minimum Gasteiger partial charge on any atom is -0.404 e. The molecule has 1 atom stereocenters. The molecule has 18 heavy (non-hydrogen) atoms. The molecule has 1 unspecified atom stereocenters. The number of halogens is 1. The third-order valence-electron chi connectivity index (χ3n) is 2.72. The van der Waals surface area contributed by atoms with Crippen LogP contribution in [0, 0.1) is 10.1 Å². The predicted molar refractivity (Wildman–Crippen MR) is 68.9 cm³/mol. The van der Waals surface area contributed by atoms with E-state index in [4.69, 9.17) is 16.0 Å². The first-order valence-corrected chi connectivity index (χ1v) is 6.02. The van der Waals surface area contributed by atoms with Crippen molar-refractivity contribution in [2.45, 2.75) is 18.7 Å². The monoisotopic (exact) mass is 265 g/mol. The van der Waals surface area contributed by atoms with Crippen molar-refractivity contribution in [1.29, 1.82) is 0 Å². The van der Waals surface area contributed by atoms with E-state index in [0.29, 0.717) is 5.76 Å². The van der Waals surface area contributed by atoms with Crippen molar-refractivity contribution in [2.75, 3.05) is 0 Å². The Kier molecular flexibility index (Phi) is 3.67. The second-order valence-corrected chi connectivity index (χ2v) is 4.33. The molecule has 2 rings (SSSR count). The molecule has 0 aliphatic carbocycles. The summed E-state index contributed by atoms with van der Waals surface area (Å²) in [5.41, 5.74) is 2.08. The number of rotatable bonds is 4. The molecular formula is C13H12ClNO3. The fraction of sp³-hybridized carbons (Fsp3) is 0.231. The predicted octanol–water partition coefficient (Wildman–Crippen LogP) is 4.08. The minimum atomic E-state index is -0.576. The van der Waals surface area contributed by atoms with E-state index in [-0.39, 0.29) is 5.88 Å². The third kappa shape index (κ3) is 2.54. The Morgan fingerprint density at radius 3 is 2.44 bits per heavy atom. The molecule has 1 aromatic heterocycles. The number of alkyl halides is 1. The van der Waals surface area contributed by atoms with Gasteiger partial charge in [-0.3, -0.25) is 10.1 Å². The molecule has 0 radical (unpaired) electrons. The summed E-state index contributed by atoms with van der Waals surface area (Å²) < 4.78 is 5.09. The van der Waals surface area contributed by atoms with Gasteiger partial charge in [-0.25, -0.2) is 0 Å². The average molecular weight is 266 g/mol. The van der Waals surface area contributed by atoms with Crippen LogP contribution in [0.15, 0.2) is 40.8 Å². The van der Waals surface area contributed by atoms with Crippen LogP contribution in [0.2, 0.25) is 0 Å². The minimum absolute atomic E-state index is 0.291. The lowest BCUT2D eigenvalue weighted by Crippen LogP contribution is -1.92. The van der Waals surface area contributed by atoms with Crippen LogP contribution in [0.1, 0.15) is 29.2 Å². The molecule has 0 spiro atoms. The molecule has 94 valence electrons. The number of nitrogens with zero attached hydrogens (tertiary/aromatic N) is 1. The Morgan fingerprint density at radius 2 is 1.94 bits per heavy atom. The zero-order chi connectivity index (χ0) is 13.1. The highest BCUT2D eigenvalue weighted by Crippen LogP contribution is 2.32. The van der Waals surface area contributed by atoms with Gasteiger partial charge in [0.1, 0.15) is 16.1 Å². The molecule has 5 heteroatoms. The molecule has 2 aromatic rings. The van der Waals surface area contributed by atoms with E-state index in [1.807, 2.05) is 24.3 Å². The Labute approximate surface area is 109 Å². The van der Waals surface area contributed by atoms with Gasteiger partial charge in [-0.15, -0.1) is 11.6 Å². The van der Waals surface area contributed by atoms with Crippen LogP contribution < -0.4 is 0 Å². The lowest BCUT2D eigenvalue weighted by Gasteiger charge is -2.07. The molecule has 0 bridgehead atoms. The number of furan rings is 1. The van der Waals surface area contributed by atoms with Crippen LogP contribution in [0.3, 0.4) is 0 Å². The van der Waals surface area contributed by atoms with E-state index in [2.05, 4.69) is 6.92 Å². The summed E-state index contributed by atoms with van der Waals surface area (Å²) in [6.45, 7) is 2.07. The highest BCUT2D eigenvalue weighted by atomic mass is 35.5. The van der Waals surface area contributed by atoms with Crippen molar-refractivity contribution in [3.05, 3.63) is 63.4 Å². The van der Waals surface area contributed by atoms with Gasteiger partial charge in [0.15, 0.2) is 0 Å². The SMILES string of the molecule is CCc1ccc(C(Cl)c2ccc([N+](=O)[O-])o2)cc1. The molecule has 1 aromatic carbocycles. The van der Waals surface area contributed by atoms with E-state index < -0.39 is 10.3 Å². The number of benzene rings is 1. The van der Waals surface area contributed by atoms with Crippen molar-refractivity contribution >= 4 is 17.5 Å². The van der Waals surface area contributed by atoms with Gasteiger partial charge in [0.05, 0.1) is 6.07 Å². The summed E-state index contributed by atoms with van der Waals surface area (Å²) in [5, 5.41) is 10.0. The Morgan fingerprint density at radius 1 is 1.28 bits per heavy atom. The Hall–Kier alpha value is -1.81. The standard InChI is InChI=1S/C13H12ClNO3/c1-2-9-3-5-10(6-4-9)13(14)11-7-8-12(18-11)15(16)17/h3-8,13H,2H2,1H3. The summed E-state index contributed by atoms with van der Waals surface area (Å²) in [5.74, 6) is 0.0912. The van der Waals surface area contributed by atoms with Crippen LogP contribution in [0.4, 0.5) is 5.88 Å². The van der Waals surface area contributed by atoms with E-state index in [1.54, 1.807) is 0 Å². The summed E-state index contributed by atoms with van der Waals surface area (Å²) in [6.07, 6.45) is 0.958. The molecular weight excluding hydrogens is 254 g/mol. The molecule has 0 saturated heterocycles. The topological polar surface area (TPSA) is 56.3 Å². The van der Waals surface area contributed by atoms with Crippen molar-refractivity contribution < 1.29 is 9.34 Å². The lowest BCUT2D eigenvalue weighted by molar-refractivity contribution is -0.402. The smallest absolute Gasteiger partial charge is 0.404 e. The first-order valence-electron chi connectivity index (χ1n) is 5.59. The summed E-state index contributed by atoms with van der Waals surface area (Å²) in [7, 11) is 0. The fourth-order valence-corrected chi connectivity index (χ4v) is 1.93. The molecule has 0 aliphatic heterocycles. The van der Waals surface area contributed by atoms with Gasteiger partial charge in [-0.2, -0.15) is 0 Å². The number of hydrogen-bond donors (Lipinski definition) is 0. The number of aryl methyl sites for hydroxylation is 1. The number of nitro groups is 1. The van der Waals surface area contributed by atoms with Gasteiger partial charge in [-0.1, -0.05) is 31.2 Å². The normalized spacial score (nSPS) is 12.3. The molecule has 0 amide bonds. The maximum Gasteiger partial charge on any atom is 0.433 e. The van der Waals surface area contributed by atoms with E-state index >= 15 is 0 Å². The fourth-order valence-electron chi connectivity index (χ4n) is 1.66. The highest BCUT2D eigenvalue weighted by molar-refractivity contribution is 6.22. The highest BCUT2D eigenvalue weighted by Gasteiger charge is 2.19. The summed E-state index contributed by atoms with van der Waals surface area (Å²) >= 11 is 6.23. The van der Waals surface area contributed by atoms with Gasteiger partial charge >= 0.3 is 5.88 Å². The van der Waals surface area contributed by atoms with Crippen LogP contribution in [0.25, 0.3) is 0 Å². The van der Waals surface area contributed by atoms with Gasteiger partial charge in [-0.05, 0) is 23.6 Å². The van der Waals surface area contributed by atoms with Gasteiger partial charge in [0.25, 0.3) is 0 Å². The van der Waals surface area contributed by atoms with Crippen molar-refractivity contribution in [1.82, 2.24) is 0 Å². The van der Waals surface area contributed by atoms with Crippen molar-refractivity contribution in [2.24, 2.45) is 0 Å². The summed E-state index contributed by atoms with van der Waals surface area (Å²) in [4.78, 5) is 9.95. The molecule has 0 N–H and O–H groups in total. The van der Waals surface area contributed by atoms with Crippen LogP contribution >= 0.6 is 11.6 Å². The van der Waals surface area contributed by atoms with Crippen LogP contribution in [-0.4, -0.2) is 4.92 Å². The maximum absolute atomic E-state index is 10.5. The summed E-state index contributed by atoms with van der Waals surface area (Å²) in [6, 6.07) is 10.6. The Bertz CT molecular complexity index is 548. The molecule has 0 fully saturated rings. The second-order valence-electron chi connectivity index (χ2n) is 3.89. The lowest BCUT2D eigenvalue weighted by atomic mass is 10.1. The first kappa shape index (κ1) is 12.6. The van der Waals surface area contributed by atoms with Gasteiger partial charge in [0.2, 0.25) is 0 Å². The maximum atomic E-state index is 10.5. The van der Waals surface area contributed by atoms with E-state index in [9.17, 15) is 10.1 Å². The second kappa shape index (κ2) is 5.23. The quantitative estimate of drug-likeness (QED) is 0.475. The molecule has 0 aliphatic rings. The zero-order valence-electron chi connectivity index (χ0n) is 9.80. The molecule has 4 nitrogen and oxygen atoms in total. The van der Waals surface area contributed by atoms with Crippen molar-refractivity contribution in [3.63, 3.8) is 0 Å². The van der Waals surface area contributed by atoms with Crippen LogP contribution in [0.5, 0.6) is 0 Å². The Balaban J connectivity index is 2.23. The zero-order valence-corrected chi connectivity index (χ0v) is 10.6. The van der Waals surface area contributed by atoms with Gasteiger partial charge in [0, 0.05) is 0 Å². The van der Waals surface area contributed by atoms with Crippen molar-refractivity contribution in [3.8, 4) is 0 Å². The molecule has 0 saturated carbocycles. The van der Waals surface area contributed by atoms with Gasteiger partial charge < -0.3 is 4.42 Å². The van der Waals surface area contributed by atoms with Crippen LogP contribution in [-0.2, 0) is 6.42 Å². The third-order valence-corrected chi connectivity index (χ3v) is 3.19. The molecule has 1 heterocycles. The first-order chi connectivity index (χ1) is 8.61. The average Bonchev–Trinajstić information content (AvgIpc) is 2.88. The van der Waals surface area contributed by atoms with E-state index in [0.717, 1.165) is 12.0 Å².